The number of aromatic nitrogens is 2. The molecule has 0 aliphatic carbocycles. The SMILES string of the molecule is O=C(O)CCCCCNc1ncnc2oc(-c3ccccc3)c(Br)c12. The molecule has 0 spiro atoms. The molecule has 7 heteroatoms. The highest BCUT2D eigenvalue weighted by atomic mass is 79.9. The van der Waals surface area contributed by atoms with Crippen molar-refractivity contribution in [1.82, 2.24) is 9.97 Å². The van der Waals surface area contributed by atoms with Crippen LogP contribution in [0.5, 0.6) is 0 Å². The highest BCUT2D eigenvalue weighted by Gasteiger charge is 2.18. The van der Waals surface area contributed by atoms with E-state index in [9.17, 15) is 4.79 Å². The first kappa shape index (κ1) is 17.4. The molecule has 2 aromatic heterocycles. The van der Waals surface area contributed by atoms with Gasteiger partial charge in [0, 0.05) is 18.5 Å². The number of nitrogens with one attached hydrogen (secondary N) is 1. The van der Waals surface area contributed by atoms with Crippen LogP contribution in [0.4, 0.5) is 5.82 Å². The van der Waals surface area contributed by atoms with Crippen molar-refractivity contribution in [2.24, 2.45) is 0 Å². The van der Waals surface area contributed by atoms with Gasteiger partial charge >= 0.3 is 5.97 Å². The van der Waals surface area contributed by atoms with Crippen molar-refractivity contribution in [2.75, 3.05) is 11.9 Å². The number of hydrogen-bond acceptors (Lipinski definition) is 5. The van der Waals surface area contributed by atoms with Crippen molar-refractivity contribution in [3.63, 3.8) is 0 Å². The van der Waals surface area contributed by atoms with Crippen molar-refractivity contribution in [3.8, 4) is 11.3 Å². The first-order chi connectivity index (χ1) is 12.2. The van der Waals surface area contributed by atoms with E-state index < -0.39 is 5.97 Å². The number of nitrogens with zero attached hydrogens (tertiary/aromatic N) is 2. The third kappa shape index (κ3) is 4.17. The minimum Gasteiger partial charge on any atom is -0.481 e. The van der Waals surface area contributed by atoms with Gasteiger partial charge in [0.05, 0.1) is 9.86 Å². The fourth-order valence-corrected chi connectivity index (χ4v) is 3.26. The Morgan fingerprint density at radius 1 is 1.16 bits per heavy atom. The molecule has 0 bridgehead atoms. The Balaban J connectivity index is 1.74. The molecular formula is C18H18BrN3O3. The lowest BCUT2D eigenvalue weighted by atomic mass is 10.1. The molecule has 0 atom stereocenters. The second-order valence-electron chi connectivity index (χ2n) is 5.64. The van der Waals surface area contributed by atoms with E-state index in [0.29, 0.717) is 24.5 Å². The predicted octanol–water partition coefficient (Wildman–Crippen LogP) is 4.71. The number of unbranched alkanes of at least 4 members (excludes halogenated alkanes) is 2. The van der Waals surface area contributed by atoms with E-state index >= 15 is 0 Å². The Bertz CT molecular complexity index is 865. The summed E-state index contributed by atoms with van der Waals surface area (Å²) < 4.78 is 6.72. The van der Waals surface area contributed by atoms with Crippen LogP contribution in [0.15, 0.2) is 45.5 Å². The quantitative estimate of drug-likeness (QED) is 0.529. The van der Waals surface area contributed by atoms with Crippen LogP contribution >= 0.6 is 15.9 Å². The zero-order valence-electron chi connectivity index (χ0n) is 13.5. The molecule has 0 saturated carbocycles. The van der Waals surface area contributed by atoms with Crippen LogP contribution in [-0.4, -0.2) is 27.6 Å². The second-order valence-corrected chi connectivity index (χ2v) is 6.44. The van der Waals surface area contributed by atoms with E-state index in [1.807, 2.05) is 30.3 Å². The lowest BCUT2D eigenvalue weighted by molar-refractivity contribution is -0.137. The number of benzene rings is 1. The van der Waals surface area contributed by atoms with Crippen LogP contribution in [0.1, 0.15) is 25.7 Å². The van der Waals surface area contributed by atoms with Crippen molar-refractivity contribution in [3.05, 3.63) is 41.1 Å². The Hall–Kier alpha value is -2.41. The number of anilines is 1. The second kappa shape index (κ2) is 8.11. The predicted molar refractivity (Wildman–Crippen MR) is 99.5 cm³/mol. The summed E-state index contributed by atoms with van der Waals surface area (Å²) in [5.41, 5.74) is 1.49. The molecule has 2 N–H and O–H groups in total. The van der Waals surface area contributed by atoms with E-state index in [-0.39, 0.29) is 6.42 Å². The van der Waals surface area contributed by atoms with Crippen LogP contribution in [0.3, 0.4) is 0 Å². The summed E-state index contributed by atoms with van der Waals surface area (Å²) >= 11 is 3.61. The molecule has 25 heavy (non-hydrogen) atoms. The van der Waals surface area contributed by atoms with Gasteiger partial charge in [0.2, 0.25) is 5.71 Å². The number of rotatable bonds is 8. The highest BCUT2D eigenvalue weighted by Crippen LogP contribution is 2.39. The standard InChI is InChI=1S/C18H18BrN3O3/c19-15-14-17(20-10-6-2-5-9-13(23)24)21-11-22-18(14)25-16(15)12-7-3-1-4-8-12/h1,3-4,7-8,11H,2,5-6,9-10H2,(H,23,24)(H,20,21,22). The molecule has 2 heterocycles. The van der Waals surface area contributed by atoms with E-state index in [0.717, 1.165) is 34.0 Å². The summed E-state index contributed by atoms with van der Waals surface area (Å²) in [6, 6.07) is 9.82. The highest BCUT2D eigenvalue weighted by molar-refractivity contribution is 9.10. The lowest BCUT2D eigenvalue weighted by Crippen LogP contribution is -2.04. The number of carboxylic acid groups (broad SMARTS) is 1. The molecule has 3 rings (SSSR count). The fourth-order valence-electron chi connectivity index (χ4n) is 2.59. The summed E-state index contributed by atoms with van der Waals surface area (Å²) in [5, 5.41) is 12.7. The number of fused-ring (bicyclic) bond motifs is 1. The van der Waals surface area contributed by atoms with Crippen LogP contribution in [-0.2, 0) is 4.79 Å². The Morgan fingerprint density at radius 3 is 2.72 bits per heavy atom. The molecule has 3 aromatic rings. The summed E-state index contributed by atoms with van der Waals surface area (Å²) in [7, 11) is 0. The zero-order valence-corrected chi connectivity index (χ0v) is 15.1. The first-order valence-corrected chi connectivity index (χ1v) is 8.90. The molecule has 0 aliphatic heterocycles. The van der Waals surface area contributed by atoms with Gasteiger partial charge in [0.15, 0.2) is 5.76 Å². The minimum atomic E-state index is -0.749. The Labute approximate surface area is 153 Å². The van der Waals surface area contributed by atoms with E-state index in [1.54, 1.807) is 0 Å². The monoisotopic (exact) mass is 403 g/mol. The van der Waals surface area contributed by atoms with Gasteiger partial charge in [0.1, 0.15) is 12.1 Å². The van der Waals surface area contributed by atoms with E-state index in [4.69, 9.17) is 9.52 Å². The zero-order chi connectivity index (χ0) is 17.6. The van der Waals surface area contributed by atoms with Crippen LogP contribution in [0.2, 0.25) is 0 Å². The Kier molecular flexibility index (Phi) is 5.65. The van der Waals surface area contributed by atoms with Crippen molar-refractivity contribution in [2.45, 2.75) is 25.7 Å². The van der Waals surface area contributed by atoms with Gasteiger partial charge in [0.25, 0.3) is 0 Å². The molecule has 0 saturated heterocycles. The molecular weight excluding hydrogens is 386 g/mol. The number of hydrogen-bond donors (Lipinski definition) is 2. The molecule has 1 aromatic carbocycles. The van der Waals surface area contributed by atoms with Crippen molar-refractivity contribution < 1.29 is 14.3 Å². The first-order valence-electron chi connectivity index (χ1n) is 8.11. The maximum absolute atomic E-state index is 10.5. The maximum Gasteiger partial charge on any atom is 0.303 e. The molecule has 0 radical (unpaired) electrons. The summed E-state index contributed by atoms with van der Waals surface area (Å²) in [5.74, 6) is 0.683. The smallest absolute Gasteiger partial charge is 0.303 e. The van der Waals surface area contributed by atoms with Gasteiger partial charge in [-0.25, -0.2) is 9.97 Å². The number of carboxylic acids is 1. The maximum atomic E-state index is 10.5. The number of carbonyl (C=O) groups is 1. The molecule has 6 nitrogen and oxygen atoms in total. The third-order valence-electron chi connectivity index (χ3n) is 3.83. The lowest BCUT2D eigenvalue weighted by Gasteiger charge is -2.05. The van der Waals surface area contributed by atoms with Gasteiger partial charge in [-0.1, -0.05) is 36.8 Å². The average Bonchev–Trinajstić information content (AvgIpc) is 2.96. The van der Waals surface area contributed by atoms with Crippen molar-refractivity contribution >= 4 is 38.8 Å². The Morgan fingerprint density at radius 2 is 1.96 bits per heavy atom. The van der Waals surface area contributed by atoms with Gasteiger partial charge in [-0.3, -0.25) is 4.79 Å². The molecule has 130 valence electrons. The van der Waals surface area contributed by atoms with E-state index in [1.165, 1.54) is 6.33 Å². The molecule has 0 unspecified atom stereocenters. The van der Waals surface area contributed by atoms with Gasteiger partial charge in [-0.2, -0.15) is 0 Å². The van der Waals surface area contributed by atoms with Gasteiger partial charge in [-0.15, -0.1) is 0 Å². The minimum absolute atomic E-state index is 0.214. The van der Waals surface area contributed by atoms with Crippen LogP contribution < -0.4 is 5.32 Å². The normalized spacial score (nSPS) is 10.9. The van der Waals surface area contributed by atoms with Crippen LogP contribution in [0.25, 0.3) is 22.4 Å². The third-order valence-corrected chi connectivity index (χ3v) is 4.58. The van der Waals surface area contributed by atoms with Crippen molar-refractivity contribution in [1.29, 1.82) is 0 Å². The topological polar surface area (TPSA) is 88.2 Å². The number of aliphatic carboxylic acids is 1. The molecule has 0 fully saturated rings. The summed E-state index contributed by atoms with van der Waals surface area (Å²) in [6.07, 6.45) is 4.10. The molecule has 0 aliphatic rings. The molecule has 0 amide bonds. The summed E-state index contributed by atoms with van der Waals surface area (Å²) in [4.78, 5) is 19.0. The van der Waals surface area contributed by atoms with Crippen LogP contribution in [0, 0.1) is 0 Å². The van der Waals surface area contributed by atoms with E-state index in [2.05, 4.69) is 31.2 Å². The average molecular weight is 404 g/mol. The fraction of sp³-hybridized carbons (Fsp3) is 0.278. The number of halogens is 1. The van der Waals surface area contributed by atoms with Gasteiger partial charge in [-0.05, 0) is 28.8 Å². The van der Waals surface area contributed by atoms with Gasteiger partial charge < -0.3 is 14.8 Å². The summed E-state index contributed by atoms with van der Waals surface area (Å²) in [6.45, 7) is 0.712. The number of furan rings is 1. The largest absolute Gasteiger partial charge is 0.481 e.